The van der Waals surface area contributed by atoms with Crippen molar-refractivity contribution in [3.63, 3.8) is 0 Å². The zero-order chi connectivity index (χ0) is 24.0. The average molecular weight is 489 g/mol. The van der Waals surface area contributed by atoms with Crippen LogP contribution < -0.4 is 15.0 Å². The van der Waals surface area contributed by atoms with E-state index in [1.54, 1.807) is 24.6 Å². The summed E-state index contributed by atoms with van der Waals surface area (Å²) in [6.45, 7) is 5.34. The van der Waals surface area contributed by atoms with E-state index < -0.39 is 0 Å². The molecule has 5 rings (SSSR count). The Labute approximate surface area is 209 Å². The van der Waals surface area contributed by atoms with Gasteiger partial charge in [-0.05, 0) is 43.2 Å². The Bertz CT molecular complexity index is 1270. The van der Waals surface area contributed by atoms with E-state index in [0.29, 0.717) is 5.95 Å². The van der Waals surface area contributed by atoms with E-state index in [0.717, 1.165) is 83.2 Å². The maximum Gasteiger partial charge on any atom is 0.227 e. The molecule has 3 aromatic heterocycles. The topological polar surface area (TPSA) is 85.3 Å². The number of hydrogen-bond acceptors (Lipinski definition) is 9. The van der Waals surface area contributed by atoms with Gasteiger partial charge in [0.05, 0.1) is 53.5 Å². The van der Waals surface area contributed by atoms with Crippen LogP contribution in [0.25, 0.3) is 21.8 Å². The number of rotatable bonds is 8. The normalized spacial score (nSPS) is 13.6. The number of nitrogens with one attached hydrogen (secondary N) is 1. The molecule has 0 amide bonds. The quantitative estimate of drug-likeness (QED) is 0.362. The van der Waals surface area contributed by atoms with Crippen LogP contribution in [-0.2, 0) is 11.2 Å². The van der Waals surface area contributed by atoms with Gasteiger partial charge in [-0.25, -0.2) is 19.9 Å². The van der Waals surface area contributed by atoms with E-state index in [-0.39, 0.29) is 0 Å². The highest BCUT2D eigenvalue weighted by molar-refractivity contribution is 7.15. The molecule has 1 aliphatic rings. The van der Waals surface area contributed by atoms with Crippen molar-refractivity contribution in [3.8, 4) is 27.6 Å². The van der Waals surface area contributed by atoms with Gasteiger partial charge in [-0.3, -0.25) is 0 Å². The minimum absolute atomic E-state index is 0.519. The second-order valence-corrected chi connectivity index (χ2v) is 9.25. The second kappa shape index (κ2) is 10.8. The van der Waals surface area contributed by atoms with Gasteiger partial charge in [-0.15, -0.1) is 11.3 Å². The Hall–Kier alpha value is -3.56. The number of nitrogens with zero attached hydrogens (tertiary/aromatic N) is 5. The Kier molecular flexibility index (Phi) is 7.15. The van der Waals surface area contributed by atoms with Crippen LogP contribution >= 0.6 is 11.3 Å². The van der Waals surface area contributed by atoms with E-state index in [1.165, 1.54) is 0 Å². The van der Waals surface area contributed by atoms with Crippen LogP contribution in [0.3, 0.4) is 0 Å². The number of anilines is 3. The van der Waals surface area contributed by atoms with E-state index in [4.69, 9.17) is 19.4 Å². The monoisotopic (exact) mass is 488 g/mol. The predicted octanol–water partition coefficient (Wildman–Crippen LogP) is 5.20. The molecule has 1 N–H and O–H groups in total. The number of morpholine rings is 1. The second-order valence-electron chi connectivity index (χ2n) is 8.16. The lowest BCUT2D eigenvalue weighted by molar-refractivity contribution is 0.122. The van der Waals surface area contributed by atoms with Crippen molar-refractivity contribution in [2.45, 2.75) is 19.8 Å². The summed E-state index contributed by atoms with van der Waals surface area (Å²) in [6, 6.07) is 13.9. The lowest BCUT2D eigenvalue weighted by Crippen LogP contribution is -2.36. The van der Waals surface area contributed by atoms with Crippen LogP contribution in [0.2, 0.25) is 0 Å². The third kappa shape index (κ3) is 5.41. The number of aryl methyl sites for hydroxylation is 1. The first-order chi connectivity index (χ1) is 17.2. The van der Waals surface area contributed by atoms with Gasteiger partial charge in [-0.2, -0.15) is 0 Å². The molecule has 0 spiro atoms. The van der Waals surface area contributed by atoms with Gasteiger partial charge in [-0.1, -0.05) is 19.1 Å². The van der Waals surface area contributed by atoms with Crippen LogP contribution in [0, 0.1) is 0 Å². The Morgan fingerprint density at radius 3 is 2.74 bits per heavy atom. The molecule has 0 unspecified atom stereocenters. The summed E-state index contributed by atoms with van der Waals surface area (Å²) in [4.78, 5) is 22.0. The summed E-state index contributed by atoms with van der Waals surface area (Å²) in [5.41, 5.74) is 3.59. The van der Waals surface area contributed by atoms with Gasteiger partial charge in [0.15, 0.2) is 0 Å². The van der Waals surface area contributed by atoms with Crippen molar-refractivity contribution in [3.05, 3.63) is 59.9 Å². The molecular formula is C26H28N6O2S. The zero-order valence-electron chi connectivity index (χ0n) is 19.9. The fourth-order valence-electron chi connectivity index (χ4n) is 3.94. The SMILES string of the molecule is CCCc1nc(-c2cccc(OC)c2)c(-c2ccnc(Nc3ccc(N4CCOCC4)nc3)n2)s1. The molecule has 9 heteroatoms. The summed E-state index contributed by atoms with van der Waals surface area (Å²) in [7, 11) is 1.67. The number of pyridine rings is 1. The summed E-state index contributed by atoms with van der Waals surface area (Å²) >= 11 is 1.68. The Morgan fingerprint density at radius 2 is 1.97 bits per heavy atom. The summed E-state index contributed by atoms with van der Waals surface area (Å²) in [5, 5.41) is 4.38. The van der Waals surface area contributed by atoms with Gasteiger partial charge in [0.1, 0.15) is 11.6 Å². The lowest BCUT2D eigenvalue weighted by atomic mass is 10.1. The van der Waals surface area contributed by atoms with Gasteiger partial charge in [0.25, 0.3) is 0 Å². The third-order valence-corrected chi connectivity index (χ3v) is 6.84. The molecule has 35 heavy (non-hydrogen) atoms. The van der Waals surface area contributed by atoms with E-state index in [2.05, 4.69) is 33.2 Å². The standard InChI is InChI=1S/C26H28N6O2S/c1-3-5-23-31-24(18-6-4-7-20(16-18)33-2)25(35-23)21-10-11-27-26(30-21)29-19-8-9-22(28-17-19)32-12-14-34-15-13-32/h4,6-11,16-17H,3,5,12-15H2,1-2H3,(H,27,29,30). The molecular weight excluding hydrogens is 460 g/mol. The smallest absolute Gasteiger partial charge is 0.227 e. The minimum Gasteiger partial charge on any atom is -0.497 e. The number of hydrogen-bond donors (Lipinski definition) is 1. The molecule has 8 nitrogen and oxygen atoms in total. The number of ether oxygens (including phenoxy) is 2. The molecule has 1 aliphatic heterocycles. The number of aromatic nitrogens is 4. The van der Waals surface area contributed by atoms with Gasteiger partial charge in [0.2, 0.25) is 5.95 Å². The van der Waals surface area contributed by atoms with Crippen LogP contribution in [0.1, 0.15) is 18.4 Å². The molecule has 0 radical (unpaired) electrons. The summed E-state index contributed by atoms with van der Waals surface area (Å²) in [5.74, 6) is 2.27. The average Bonchev–Trinajstić information content (AvgIpc) is 3.34. The molecule has 1 saturated heterocycles. The van der Waals surface area contributed by atoms with E-state index >= 15 is 0 Å². The highest BCUT2D eigenvalue weighted by Gasteiger charge is 2.17. The van der Waals surface area contributed by atoms with Crippen molar-refractivity contribution in [2.75, 3.05) is 43.6 Å². The molecule has 1 aromatic carbocycles. The van der Waals surface area contributed by atoms with Crippen molar-refractivity contribution in [1.82, 2.24) is 19.9 Å². The van der Waals surface area contributed by atoms with Crippen molar-refractivity contribution >= 4 is 28.8 Å². The van der Waals surface area contributed by atoms with Crippen molar-refractivity contribution in [2.24, 2.45) is 0 Å². The van der Waals surface area contributed by atoms with Gasteiger partial charge < -0.3 is 19.7 Å². The van der Waals surface area contributed by atoms with E-state index in [9.17, 15) is 0 Å². The minimum atomic E-state index is 0.519. The number of benzene rings is 1. The van der Waals surface area contributed by atoms with E-state index in [1.807, 2.05) is 42.6 Å². The summed E-state index contributed by atoms with van der Waals surface area (Å²) < 4.78 is 10.9. The van der Waals surface area contributed by atoms with Crippen molar-refractivity contribution < 1.29 is 9.47 Å². The number of methoxy groups -OCH3 is 1. The molecule has 0 bridgehead atoms. The lowest BCUT2D eigenvalue weighted by Gasteiger charge is -2.27. The molecule has 0 atom stereocenters. The molecule has 0 saturated carbocycles. The fraction of sp³-hybridized carbons (Fsp3) is 0.308. The van der Waals surface area contributed by atoms with Crippen molar-refractivity contribution in [1.29, 1.82) is 0 Å². The molecule has 1 fully saturated rings. The highest BCUT2D eigenvalue weighted by Crippen LogP contribution is 2.37. The molecule has 180 valence electrons. The highest BCUT2D eigenvalue weighted by atomic mass is 32.1. The van der Waals surface area contributed by atoms with Crippen LogP contribution in [0.4, 0.5) is 17.5 Å². The molecule has 0 aliphatic carbocycles. The first-order valence-corrected chi connectivity index (χ1v) is 12.6. The molecule has 4 heterocycles. The third-order valence-electron chi connectivity index (χ3n) is 5.71. The first kappa shape index (κ1) is 23.2. The molecule has 4 aromatic rings. The number of thiazole rings is 1. The Balaban J connectivity index is 1.41. The fourth-order valence-corrected chi connectivity index (χ4v) is 5.10. The van der Waals surface area contributed by atoms with Gasteiger partial charge >= 0.3 is 0 Å². The summed E-state index contributed by atoms with van der Waals surface area (Å²) in [6.07, 6.45) is 5.55. The maximum atomic E-state index is 5.43. The predicted molar refractivity (Wildman–Crippen MR) is 140 cm³/mol. The maximum absolute atomic E-state index is 5.43. The van der Waals surface area contributed by atoms with Crippen LogP contribution in [0.15, 0.2) is 54.9 Å². The van der Waals surface area contributed by atoms with Crippen LogP contribution in [-0.4, -0.2) is 53.3 Å². The zero-order valence-corrected chi connectivity index (χ0v) is 20.7. The Morgan fingerprint density at radius 1 is 1.09 bits per heavy atom. The van der Waals surface area contributed by atoms with Crippen LogP contribution in [0.5, 0.6) is 5.75 Å². The first-order valence-electron chi connectivity index (χ1n) is 11.8. The van der Waals surface area contributed by atoms with Gasteiger partial charge in [0, 0.05) is 24.8 Å². The largest absolute Gasteiger partial charge is 0.497 e.